The predicted molar refractivity (Wildman–Crippen MR) is 54.7 cm³/mol. The maximum Gasteiger partial charge on any atom is 0.303 e. The molecule has 1 aromatic heterocycles. The highest BCUT2D eigenvalue weighted by molar-refractivity contribution is 7.13. The maximum absolute atomic E-state index is 10.3. The molecule has 0 amide bonds. The van der Waals surface area contributed by atoms with E-state index < -0.39 is 5.97 Å². The number of nitrogens with one attached hydrogen (secondary N) is 1. The Kier molecular flexibility index (Phi) is 2.67. The van der Waals surface area contributed by atoms with Crippen LogP contribution in [0.2, 0.25) is 0 Å². The van der Waals surface area contributed by atoms with Gasteiger partial charge in [0.2, 0.25) is 0 Å². The third-order valence-electron chi connectivity index (χ3n) is 2.05. The Hall–Kier alpha value is -1.10. The number of anilines is 1. The topological polar surface area (TPSA) is 62.2 Å². The summed E-state index contributed by atoms with van der Waals surface area (Å²) in [6.07, 6.45) is 3.14. The molecule has 0 bridgehead atoms. The average Bonchev–Trinajstić information content (AvgIpc) is 2.81. The highest BCUT2D eigenvalue weighted by atomic mass is 32.1. The lowest BCUT2D eigenvalue weighted by Crippen LogP contribution is -2.01. The van der Waals surface area contributed by atoms with Gasteiger partial charge < -0.3 is 10.4 Å². The third-order valence-corrected chi connectivity index (χ3v) is 2.87. The van der Waals surface area contributed by atoms with Crippen molar-refractivity contribution in [1.29, 1.82) is 0 Å². The molecule has 0 unspecified atom stereocenters. The first kappa shape index (κ1) is 9.45. The predicted octanol–water partition coefficient (Wildman–Crippen LogP) is 1.73. The highest BCUT2D eigenvalue weighted by Gasteiger charge is 2.21. The Bertz CT molecular complexity index is 333. The smallest absolute Gasteiger partial charge is 0.303 e. The quantitative estimate of drug-likeness (QED) is 0.780. The van der Waals surface area contributed by atoms with Gasteiger partial charge >= 0.3 is 5.97 Å². The molecule has 0 aromatic carbocycles. The minimum atomic E-state index is -0.769. The molecule has 1 saturated carbocycles. The maximum atomic E-state index is 10.3. The summed E-state index contributed by atoms with van der Waals surface area (Å²) in [7, 11) is 0. The van der Waals surface area contributed by atoms with Gasteiger partial charge in [0.1, 0.15) is 0 Å². The Labute approximate surface area is 86.0 Å². The molecule has 1 aliphatic carbocycles. The normalized spacial score (nSPS) is 15.4. The van der Waals surface area contributed by atoms with Crippen LogP contribution >= 0.6 is 11.3 Å². The van der Waals surface area contributed by atoms with Crippen molar-refractivity contribution < 1.29 is 9.90 Å². The van der Waals surface area contributed by atoms with Crippen molar-refractivity contribution in [2.24, 2.45) is 0 Å². The summed E-state index contributed by atoms with van der Waals surface area (Å²) in [4.78, 5) is 14.6. The van der Waals surface area contributed by atoms with Crippen molar-refractivity contribution in [3.8, 4) is 0 Å². The Balaban J connectivity index is 1.85. The standard InChI is InChI=1S/C9H12N2O2S/c12-8(13)4-3-7-5-14-9(11-7)10-6-1-2-6/h5-6H,1-4H2,(H,10,11)(H,12,13). The number of carbonyl (C=O) groups is 1. The fourth-order valence-electron chi connectivity index (χ4n) is 1.13. The van der Waals surface area contributed by atoms with E-state index in [0.29, 0.717) is 12.5 Å². The second kappa shape index (κ2) is 3.96. The number of nitrogens with zero attached hydrogens (tertiary/aromatic N) is 1. The SMILES string of the molecule is O=C(O)CCc1csc(NC2CC2)n1. The van der Waals surface area contributed by atoms with E-state index in [2.05, 4.69) is 10.3 Å². The van der Waals surface area contributed by atoms with E-state index in [-0.39, 0.29) is 6.42 Å². The summed E-state index contributed by atoms with van der Waals surface area (Å²) in [6.45, 7) is 0. The molecule has 2 N–H and O–H groups in total. The van der Waals surface area contributed by atoms with Crippen LogP contribution in [0.15, 0.2) is 5.38 Å². The van der Waals surface area contributed by atoms with Crippen LogP contribution in [0.5, 0.6) is 0 Å². The second-order valence-corrected chi connectivity index (χ2v) is 4.31. The molecule has 0 atom stereocenters. The van der Waals surface area contributed by atoms with Gasteiger partial charge in [0.25, 0.3) is 0 Å². The summed E-state index contributed by atoms with van der Waals surface area (Å²) in [5.41, 5.74) is 0.876. The summed E-state index contributed by atoms with van der Waals surface area (Å²) < 4.78 is 0. The molecule has 0 saturated heterocycles. The van der Waals surface area contributed by atoms with E-state index in [1.165, 1.54) is 12.8 Å². The largest absolute Gasteiger partial charge is 0.481 e. The second-order valence-electron chi connectivity index (χ2n) is 3.46. The molecule has 1 fully saturated rings. The zero-order valence-corrected chi connectivity index (χ0v) is 8.51. The van der Waals surface area contributed by atoms with E-state index in [1.807, 2.05) is 5.38 Å². The number of carboxylic acid groups (broad SMARTS) is 1. The Morgan fingerprint density at radius 1 is 1.71 bits per heavy atom. The number of aromatic nitrogens is 1. The highest BCUT2D eigenvalue weighted by Crippen LogP contribution is 2.26. The first-order chi connectivity index (χ1) is 6.74. The minimum absolute atomic E-state index is 0.159. The van der Waals surface area contributed by atoms with Crippen molar-refractivity contribution in [1.82, 2.24) is 4.98 Å². The first-order valence-corrected chi connectivity index (χ1v) is 5.55. The van der Waals surface area contributed by atoms with Gasteiger partial charge in [0.15, 0.2) is 5.13 Å². The van der Waals surface area contributed by atoms with Crippen molar-refractivity contribution in [3.63, 3.8) is 0 Å². The number of thiazole rings is 1. The molecule has 1 aromatic rings. The van der Waals surface area contributed by atoms with Gasteiger partial charge in [-0.25, -0.2) is 4.98 Å². The number of rotatable bonds is 5. The van der Waals surface area contributed by atoms with Gasteiger partial charge in [0.05, 0.1) is 12.1 Å². The molecule has 14 heavy (non-hydrogen) atoms. The molecule has 0 radical (unpaired) electrons. The molecule has 4 nitrogen and oxygen atoms in total. The zero-order chi connectivity index (χ0) is 9.97. The lowest BCUT2D eigenvalue weighted by atomic mass is 10.2. The monoisotopic (exact) mass is 212 g/mol. The number of hydrogen-bond donors (Lipinski definition) is 2. The summed E-state index contributed by atoms with van der Waals surface area (Å²) in [6, 6.07) is 0.605. The molecule has 2 rings (SSSR count). The lowest BCUT2D eigenvalue weighted by molar-refractivity contribution is -0.136. The van der Waals surface area contributed by atoms with Gasteiger partial charge in [-0.3, -0.25) is 4.79 Å². The number of carboxylic acids is 1. The van der Waals surface area contributed by atoms with E-state index in [1.54, 1.807) is 11.3 Å². The van der Waals surface area contributed by atoms with Gasteiger partial charge in [-0.1, -0.05) is 0 Å². The van der Waals surface area contributed by atoms with Crippen LogP contribution in [0.1, 0.15) is 25.0 Å². The number of aryl methyl sites for hydroxylation is 1. The van der Waals surface area contributed by atoms with E-state index in [9.17, 15) is 4.79 Å². The van der Waals surface area contributed by atoms with Crippen molar-refractivity contribution in [3.05, 3.63) is 11.1 Å². The van der Waals surface area contributed by atoms with E-state index >= 15 is 0 Å². The van der Waals surface area contributed by atoms with Crippen LogP contribution in [0.4, 0.5) is 5.13 Å². The Morgan fingerprint density at radius 3 is 3.14 bits per heavy atom. The summed E-state index contributed by atoms with van der Waals surface area (Å²) >= 11 is 1.55. The molecule has 1 heterocycles. The van der Waals surface area contributed by atoms with Crippen LogP contribution in [-0.2, 0) is 11.2 Å². The van der Waals surface area contributed by atoms with E-state index in [4.69, 9.17) is 5.11 Å². The van der Waals surface area contributed by atoms with Crippen LogP contribution in [-0.4, -0.2) is 22.1 Å². The van der Waals surface area contributed by atoms with Crippen molar-refractivity contribution in [2.75, 3.05) is 5.32 Å². The van der Waals surface area contributed by atoms with Crippen LogP contribution in [0, 0.1) is 0 Å². The third kappa shape index (κ3) is 2.70. The lowest BCUT2D eigenvalue weighted by Gasteiger charge is -1.96. The summed E-state index contributed by atoms with van der Waals surface area (Å²) in [5, 5.41) is 14.6. The molecule has 5 heteroatoms. The number of aliphatic carboxylic acids is 1. The van der Waals surface area contributed by atoms with Gasteiger partial charge in [-0.15, -0.1) is 11.3 Å². The number of hydrogen-bond acceptors (Lipinski definition) is 4. The van der Waals surface area contributed by atoms with Gasteiger partial charge in [0, 0.05) is 17.8 Å². The van der Waals surface area contributed by atoms with E-state index in [0.717, 1.165) is 10.8 Å². The van der Waals surface area contributed by atoms with Crippen LogP contribution < -0.4 is 5.32 Å². The average molecular weight is 212 g/mol. The molecular weight excluding hydrogens is 200 g/mol. The van der Waals surface area contributed by atoms with Crippen molar-refractivity contribution >= 4 is 22.4 Å². The molecular formula is C9H12N2O2S. The minimum Gasteiger partial charge on any atom is -0.481 e. The van der Waals surface area contributed by atoms with Gasteiger partial charge in [-0.2, -0.15) is 0 Å². The zero-order valence-electron chi connectivity index (χ0n) is 7.69. The molecule has 1 aliphatic rings. The van der Waals surface area contributed by atoms with Gasteiger partial charge in [-0.05, 0) is 12.8 Å². The van der Waals surface area contributed by atoms with Crippen molar-refractivity contribution in [2.45, 2.75) is 31.7 Å². The molecule has 76 valence electrons. The van der Waals surface area contributed by atoms with Crippen LogP contribution in [0.25, 0.3) is 0 Å². The fraction of sp³-hybridized carbons (Fsp3) is 0.556. The molecule has 0 aliphatic heterocycles. The molecule has 0 spiro atoms. The van der Waals surface area contributed by atoms with Crippen LogP contribution in [0.3, 0.4) is 0 Å². The fourth-order valence-corrected chi connectivity index (χ4v) is 1.95. The Morgan fingerprint density at radius 2 is 2.50 bits per heavy atom. The first-order valence-electron chi connectivity index (χ1n) is 4.67. The summed E-state index contributed by atoms with van der Waals surface area (Å²) in [5.74, 6) is -0.769.